The lowest BCUT2D eigenvalue weighted by Crippen LogP contribution is -2.50. The van der Waals surface area contributed by atoms with E-state index in [0.29, 0.717) is 32.7 Å². The molecule has 4 aromatic rings. The Hall–Kier alpha value is -2.46. The monoisotopic (exact) mass is 498 g/mol. The third kappa shape index (κ3) is 4.11. The largest absolute Gasteiger partial charge is 0.497 e. The van der Waals surface area contributed by atoms with Gasteiger partial charge >= 0.3 is 0 Å². The van der Waals surface area contributed by atoms with Gasteiger partial charge in [0, 0.05) is 38.3 Å². The number of nitrogens with zero attached hydrogens (tertiary/aromatic N) is 4. The molecule has 0 atom stereocenters. The number of methoxy groups -OCH3 is 1. The molecule has 180 valence electrons. The molecule has 5 rings (SSSR count). The van der Waals surface area contributed by atoms with Crippen molar-refractivity contribution in [3.63, 3.8) is 0 Å². The molecule has 1 saturated heterocycles. The van der Waals surface area contributed by atoms with Crippen molar-refractivity contribution in [2.75, 3.05) is 33.3 Å². The summed E-state index contributed by atoms with van der Waals surface area (Å²) in [6.07, 6.45) is 0. The molecule has 34 heavy (non-hydrogen) atoms. The minimum atomic E-state index is -3.23. The van der Waals surface area contributed by atoms with Crippen molar-refractivity contribution in [1.29, 1.82) is 0 Å². The average molecular weight is 499 g/mol. The zero-order valence-electron chi connectivity index (χ0n) is 20.0. The molecular formula is C25H30N4O3S2. The molecule has 0 bridgehead atoms. The quantitative estimate of drug-likeness (QED) is 0.395. The van der Waals surface area contributed by atoms with Crippen molar-refractivity contribution in [1.82, 2.24) is 18.6 Å². The van der Waals surface area contributed by atoms with Crippen molar-refractivity contribution in [3.05, 3.63) is 53.7 Å². The van der Waals surface area contributed by atoms with Gasteiger partial charge in [-0.15, -0.1) is 0 Å². The highest BCUT2D eigenvalue weighted by molar-refractivity contribution is 7.89. The summed E-state index contributed by atoms with van der Waals surface area (Å²) in [6, 6.07) is 14.5. The Kier molecular flexibility index (Phi) is 6.14. The summed E-state index contributed by atoms with van der Waals surface area (Å²) in [7, 11) is -1.55. The van der Waals surface area contributed by atoms with E-state index in [1.54, 1.807) is 36.6 Å². The van der Waals surface area contributed by atoms with E-state index in [9.17, 15) is 8.42 Å². The molecule has 0 spiro atoms. The number of benzene rings is 2. The number of imidazole rings is 1. The second-order valence-corrected chi connectivity index (χ2v) is 12.6. The maximum atomic E-state index is 12.6. The molecular weight excluding hydrogens is 468 g/mol. The molecule has 0 amide bonds. The highest BCUT2D eigenvalue weighted by atomic mass is 32.2. The minimum absolute atomic E-state index is 0.395. The lowest BCUT2D eigenvalue weighted by Gasteiger charge is -2.34. The highest BCUT2D eigenvalue weighted by Crippen LogP contribution is 2.35. The fraction of sp³-hybridized carbons (Fsp3) is 0.400. The number of aryl methyl sites for hydroxylation is 1. The molecule has 1 aliphatic heterocycles. The van der Waals surface area contributed by atoms with Crippen LogP contribution in [0.15, 0.2) is 42.5 Å². The van der Waals surface area contributed by atoms with Crippen LogP contribution in [0.2, 0.25) is 0 Å². The van der Waals surface area contributed by atoms with Gasteiger partial charge in [-0.2, -0.15) is 4.31 Å². The Morgan fingerprint density at radius 2 is 1.85 bits per heavy atom. The first-order chi connectivity index (χ1) is 16.3. The second kappa shape index (κ2) is 8.96. The Labute approximate surface area is 204 Å². The van der Waals surface area contributed by atoms with E-state index in [1.807, 2.05) is 18.2 Å². The van der Waals surface area contributed by atoms with E-state index < -0.39 is 15.3 Å². The number of fused-ring (bicyclic) bond motifs is 3. The van der Waals surface area contributed by atoms with Gasteiger partial charge in [0.1, 0.15) is 5.75 Å². The Morgan fingerprint density at radius 1 is 1.09 bits per heavy atom. The van der Waals surface area contributed by atoms with Gasteiger partial charge in [-0.3, -0.25) is 9.30 Å². The summed E-state index contributed by atoms with van der Waals surface area (Å²) in [5, 5.41) is -0.395. The molecule has 0 saturated carbocycles. The van der Waals surface area contributed by atoms with Crippen molar-refractivity contribution < 1.29 is 13.2 Å². The van der Waals surface area contributed by atoms with E-state index in [-0.39, 0.29) is 0 Å². The van der Waals surface area contributed by atoms with Crippen LogP contribution in [0.25, 0.3) is 26.4 Å². The molecule has 0 unspecified atom stereocenters. The van der Waals surface area contributed by atoms with Crippen LogP contribution >= 0.6 is 11.3 Å². The van der Waals surface area contributed by atoms with E-state index in [2.05, 4.69) is 40.5 Å². The van der Waals surface area contributed by atoms with Crippen LogP contribution < -0.4 is 4.74 Å². The topological polar surface area (TPSA) is 67.2 Å². The van der Waals surface area contributed by atoms with Crippen molar-refractivity contribution >= 4 is 36.5 Å². The summed E-state index contributed by atoms with van der Waals surface area (Å²) >= 11 is 1.70. The average Bonchev–Trinajstić information content (AvgIpc) is 3.35. The summed E-state index contributed by atoms with van der Waals surface area (Å²) in [6.45, 7) is 8.71. The standard InChI is InChI=1S/C25H30N4O3S2/c1-17(2)34(30,31)28-12-10-27(11-13-28)16-22-24(19-6-5-7-20(15-19)32-4)26-25-29(22)21-9-8-18(3)14-23(21)33-25/h5-9,14-15,17H,10-13,16H2,1-4H3. The number of hydrogen-bond acceptors (Lipinski definition) is 6. The number of hydrogen-bond donors (Lipinski definition) is 0. The van der Waals surface area contributed by atoms with Gasteiger partial charge in [-0.1, -0.05) is 29.5 Å². The number of piperazine rings is 1. The van der Waals surface area contributed by atoms with Gasteiger partial charge in [0.25, 0.3) is 0 Å². The van der Waals surface area contributed by atoms with Gasteiger partial charge in [0.2, 0.25) is 10.0 Å². The van der Waals surface area contributed by atoms with Crippen LogP contribution in [0.5, 0.6) is 5.75 Å². The van der Waals surface area contributed by atoms with Gasteiger partial charge < -0.3 is 4.74 Å². The number of thiazole rings is 1. The summed E-state index contributed by atoms with van der Waals surface area (Å²) in [4.78, 5) is 8.36. The smallest absolute Gasteiger partial charge is 0.216 e. The fourth-order valence-electron chi connectivity index (χ4n) is 4.53. The fourth-order valence-corrected chi connectivity index (χ4v) is 6.94. The number of ether oxygens (including phenoxy) is 1. The normalized spacial score (nSPS) is 16.1. The molecule has 1 fully saturated rings. The molecule has 3 heterocycles. The number of aromatic nitrogens is 2. The predicted octanol–water partition coefficient (Wildman–Crippen LogP) is 4.39. The molecule has 7 nitrogen and oxygen atoms in total. The van der Waals surface area contributed by atoms with Crippen LogP contribution in [0.4, 0.5) is 0 Å². The number of sulfonamides is 1. The first-order valence-electron chi connectivity index (χ1n) is 11.5. The summed E-state index contributed by atoms with van der Waals surface area (Å²) < 4.78 is 35.8. The highest BCUT2D eigenvalue weighted by Gasteiger charge is 2.30. The van der Waals surface area contributed by atoms with E-state index in [4.69, 9.17) is 9.72 Å². The third-order valence-electron chi connectivity index (χ3n) is 6.50. The molecule has 2 aromatic heterocycles. The maximum absolute atomic E-state index is 12.6. The zero-order valence-corrected chi connectivity index (χ0v) is 21.6. The van der Waals surface area contributed by atoms with Crippen LogP contribution in [-0.4, -0.2) is 65.5 Å². The zero-order chi connectivity index (χ0) is 24.0. The molecule has 0 radical (unpaired) electrons. The maximum Gasteiger partial charge on any atom is 0.216 e. The minimum Gasteiger partial charge on any atom is -0.497 e. The van der Waals surface area contributed by atoms with Crippen LogP contribution in [0.3, 0.4) is 0 Å². The van der Waals surface area contributed by atoms with Gasteiger partial charge in [-0.05, 0) is 50.6 Å². The van der Waals surface area contributed by atoms with Crippen LogP contribution in [-0.2, 0) is 16.6 Å². The predicted molar refractivity (Wildman–Crippen MR) is 138 cm³/mol. The van der Waals surface area contributed by atoms with Crippen LogP contribution in [0.1, 0.15) is 25.1 Å². The first kappa shape index (κ1) is 23.3. The Bertz CT molecular complexity index is 1450. The number of rotatable bonds is 6. The molecule has 9 heteroatoms. The van der Waals surface area contributed by atoms with E-state index in [0.717, 1.165) is 33.2 Å². The Balaban J connectivity index is 1.54. The van der Waals surface area contributed by atoms with Crippen LogP contribution in [0, 0.1) is 6.92 Å². The lowest BCUT2D eigenvalue weighted by molar-refractivity contribution is 0.179. The van der Waals surface area contributed by atoms with Gasteiger partial charge in [0.05, 0.1) is 34.0 Å². The van der Waals surface area contributed by atoms with Crippen molar-refractivity contribution in [3.8, 4) is 17.0 Å². The second-order valence-electron chi connectivity index (χ2n) is 9.10. The molecule has 1 aliphatic rings. The summed E-state index contributed by atoms with van der Waals surface area (Å²) in [5.74, 6) is 0.799. The first-order valence-corrected chi connectivity index (χ1v) is 13.9. The van der Waals surface area contributed by atoms with Gasteiger partial charge in [0.15, 0.2) is 4.96 Å². The SMILES string of the molecule is COc1cccc(-c2nc3sc4cc(C)ccc4n3c2CN2CCN(S(=O)(=O)C(C)C)CC2)c1. The molecule has 0 N–H and O–H groups in total. The van der Waals surface area contributed by atoms with E-state index in [1.165, 1.54) is 10.3 Å². The lowest BCUT2D eigenvalue weighted by atomic mass is 10.1. The van der Waals surface area contributed by atoms with Crippen molar-refractivity contribution in [2.45, 2.75) is 32.6 Å². The Morgan fingerprint density at radius 3 is 2.56 bits per heavy atom. The van der Waals surface area contributed by atoms with Gasteiger partial charge in [-0.25, -0.2) is 13.4 Å². The summed E-state index contributed by atoms with van der Waals surface area (Å²) in [5.41, 5.74) is 5.48. The van der Waals surface area contributed by atoms with Crippen molar-refractivity contribution in [2.24, 2.45) is 0 Å². The molecule has 2 aromatic carbocycles. The third-order valence-corrected chi connectivity index (χ3v) is 9.78. The van der Waals surface area contributed by atoms with E-state index >= 15 is 0 Å². The molecule has 0 aliphatic carbocycles.